The topological polar surface area (TPSA) is 67.0 Å². The monoisotopic (exact) mass is 309 g/mol. The fourth-order valence-electron chi connectivity index (χ4n) is 2.59. The number of H-pyrrole nitrogens is 1. The Morgan fingerprint density at radius 2 is 2.13 bits per heavy atom. The van der Waals surface area contributed by atoms with E-state index in [9.17, 15) is 4.79 Å². The van der Waals surface area contributed by atoms with Crippen molar-refractivity contribution >= 4 is 16.9 Å². The molecule has 1 heterocycles. The number of para-hydroxylation sites is 1. The van der Waals surface area contributed by atoms with Gasteiger partial charge in [0.2, 0.25) is 5.91 Å². The van der Waals surface area contributed by atoms with E-state index < -0.39 is 0 Å². The predicted molar refractivity (Wildman–Crippen MR) is 89.5 cm³/mol. The van der Waals surface area contributed by atoms with Crippen LogP contribution in [0.5, 0.6) is 5.75 Å². The van der Waals surface area contributed by atoms with Crippen LogP contribution >= 0.6 is 0 Å². The third-order valence-electron chi connectivity index (χ3n) is 3.76. The minimum absolute atomic E-state index is 0.0127. The molecule has 3 rings (SSSR count). The highest BCUT2D eigenvalue weighted by molar-refractivity contribution is 5.81. The Kier molecular flexibility index (Phi) is 4.57. The quantitative estimate of drug-likeness (QED) is 0.735. The third-order valence-corrected chi connectivity index (χ3v) is 3.76. The molecule has 0 spiro atoms. The van der Waals surface area contributed by atoms with Crippen molar-refractivity contribution in [2.75, 3.05) is 13.7 Å². The molecule has 23 heavy (non-hydrogen) atoms. The van der Waals surface area contributed by atoms with Gasteiger partial charge in [0.25, 0.3) is 0 Å². The van der Waals surface area contributed by atoms with Gasteiger partial charge in [0, 0.05) is 6.54 Å². The number of aromatic nitrogens is 2. The zero-order valence-electron chi connectivity index (χ0n) is 13.0. The summed E-state index contributed by atoms with van der Waals surface area (Å²) in [6.45, 7) is 0.589. The number of fused-ring (bicyclic) bond motifs is 1. The number of hydrogen-bond acceptors (Lipinski definition) is 3. The van der Waals surface area contributed by atoms with Crippen LogP contribution in [0.15, 0.2) is 48.8 Å². The van der Waals surface area contributed by atoms with Gasteiger partial charge in [0.05, 0.1) is 30.9 Å². The second-order valence-corrected chi connectivity index (χ2v) is 5.34. The van der Waals surface area contributed by atoms with E-state index in [1.165, 1.54) is 0 Å². The smallest absolute Gasteiger partial charge is 0.224 e. The maximum atomic E-state index is 12.1. The fourth-order valence-corrected chi connectivity index (χ4v) is 2.59. The Balaban J connectivity index is 1.53. The van der Waals surface area contributed by atoms with Crippen molar-refractivity contribution in [1.29, 1.82) is 0 Å². The van der Waals surface area contributed by atoms with Gasteiger partial charge in [-0.2, -0.15) is 0 Å². The molecule has 0 atom stereocenters. The van der Waals surface area contributed by atoms with Crippen molar-refractivity contribution < 1.29 is 9.53 Å². The summed E-state index contributed by atoms with van der Waals surface area (Å²) in [6.07, 6.45) is 2.76. The first-order valence-corrected chi connectivity index (χ1v) is 7.57. The fraction of sp³-hybridized carbons (Fsp3) is 0.222. The molecule has 0 bridgehead atoms. The molecule has 1 amide bonds. The molecule has 1 aromatic heterocycles. The van der Waals surface area contributed by atoms with Gasteiger partial charge in [-0.3, -0.25) is 4.79 Å². The van der Waals surface area contributed by atoms with Crippen LogP contribution in [0.4, 0.5) is 0 Å². The number of carbonyl (C=O) groups is 1. The van der Waals surface area contributed by atoms with Crippen molar-refractivity contribution in [3.63, 3.8) is 0 Å². The molecule has 2 N–H and O–H groups in total. The minimum Gasteiger partial charge on any atom is -0.496 e. The zero-order valence-corrected chi connectivity index (χ0v) is 13.0. The van der Waals surface area contributed by atoms with Crippen LogP contribution in [-0.2, 0) is 17.6 Å². The lowest BCUT2D eigenvalue weighted by atomic mass is 10.1. The van der Waals surface area contributed by atoms with Gasteiger partial charge in [-0.1, -0.05) is 24.3 Å². The summed E-state index contributed by atoms with van der Waals surface area (Å²) in [6, 6.07) is 13.7. The molecule has 0 saturated heterocycles. The van der Waals surface area contributed by atoms with Crippen LogP contribution in [0.1, 0.15) is 11.1 Å². The van der Waals surface area contributed by atoms with E-state index in [0.29, 0.717) is 13.0 Å². The van der Waals surface area contributed by atoms with Crippen LogP contribution in [0.2, 0.25) is 0 Å². The number of amides is 1. The van der Waals surface area contributed by atoms with Crippen molar-refractivity contribution in [2.45, 2.75) is 12.8 Å². The van der Waals surface area contributed by atoms with Crippen molar-refractivity contribution in [3.8, 4) is 5.75 Å². The Morgan fingerprint density at radius 3 is 3.00 bits per heavy atom. The molecule has 118 valence electrons. The van der Waals surface area contributed by atoms with E-state index in [-0.39, 0.29) is 5.91 Å². The van der Waals surface area contributed by atoms with Gasteiger partial charge in [-0.05, 0) is 35.7 Å². The number of rotatable bonds is 6. The van der Waals surface area contributed by atoms with Gasteiger partial charge in [0.1, 0.15) is 5.75 Å². The van der Waals surface area contributed by atoms with E-state index in [2.05, 4.69) is 15.3 Å². The molecule has 0 aliphatic rings. The SMILES string of the molecule is COc1ccccc1CCNC(=O)Cc1ccc2nc[nH]c2c1. The Labute approximate surface area is 134 Å². The Morgan fingerprint density at radius 1 is 1.26 bits per heavy atom. The number of hydrogen-bond donors (Lipinski definition) is 2. The predicted octanol–water partition coefficient (Wildman–Crippen LogP) is 2.47. The summed E-state index contributed by atoms with van der Waals surface area (Å²) >= 11 is 0. The first kappa shape index (κ1) is 15.1. The molecule has 3 aromatic rings. The Hall–Kier alpha value is -2.82. The van der Waals surface area contributed by atoms with Crippen LogP contribution in [0.3, 0.4) is 0 Å². The molecular weight excluding hydrogens is 290 g/mol. The number of ether oxygens (including phenoxy) is 1. The normalized spacial score (nSPS) is 10.7. The second-order valence-electron chi connectivity index (χ2n) is 5.34. The van der Waals surface area contributed by atoms with E-state index in [1.807, 2.05) is 42.5 Å². The number of nitrogens with one attached hydrogen (secondary N) is 2. The summed E-state index contributed by atoms with van der Waals surface area (Å²) < 4.78 is 5.31. The van der Waals surface area contributed by atoms with E-state index in [4.69, 9.17) is 4.74 Å². The Bertz CT molecular complexity index is 811. The van der Waals surface area contributed by atoms with Crippen molar-refractivity contribution in [2.24, 2.45) is 0 Å². The molecule has 0 aliphatic heterocycles. The van der Waals surface area contributed by atoms with Gasteiger partial charge in [-0.15, -0.1) is 0 Å². The summed E-state index contributed by atoms with van der Waals surface area (Å²) in [7, 11) is 1.66. The van der Waals surface area contributed by atoms with Crippen LogP contribution in [0, 0.1) is 0 Å². The van der Waals surface area contributed by atoms with Gasteiger partial charge >= 0.3 is 0 Å². The molecule has 5 nitrogen and oxygen atoms in total. The van der Waals surface area contributed by atoms with Crippen LogP contribution in [0.25, 0.3) is 11.0 Å². The molecule has 0 radical (unpaired) electrons. The third kappa shape index (κ3) is 3.69. The number of benzene rings is 2. The number of carbonyl (C=O) groups excluding carboxylic acids is 1. The standard InChI is InChI=1S/C18H19N3O2/c1-23-17-5-3-2-4-14(17)8-9-19-18(22)11-13-6-7-15-16(10-13)21-12-20-15/h2-7,10,12H,8-9,11H2,1H3,(H,19,22)(H,20,21). The summed E-state index contributed by atoms with van der Waals surface area (Å²) in [5, 5.41) is 2.95. The van der Waals surface area contributed by atoms with Crippen LogP contribution < -0.4 is 10.1 Å². The molecule has 0 aliphatic carbocycles. The molecule has 0 unspecified atom stereocenters. The minimum atomic E-state index is 0.0127. The summed E-state index contributed by atoms with van der Waals surface area (Å²) in [5.74, 6) is 0.866. The van der Waals surface area contributed by atoms with Gasteiger partial charge in [0.15, 0.2) is 0 Å². The van der Waals surface area contributed by atoms with E-state index >= 15 is 0 Å². The number of aromatic amines is 1. The molecule has 0 saturated carbocycles. The van der Waals surface area contributed by atoms with Gasteiger partial charge < -0.3 is 15.0 Å². The highest BCUT2D eigenvalue weighted by Gasteiger charge is 2.06. The summed E-state index contributed by atoms with van der Waals surface area (Å²) in [4.78, 5) is 19.3. The molecular formula is C18H19N3O2. The lowest BCUT2D eigenvalue weighted by Crippen LogP contribution is -2.27. The van der Waals surface area contributed by atoms with E-state index in [0.717, 1.165) is 34.3 Å². The number of nitrogens with zero attached hydrogens (tertiary/aromatic N) is 1. The average molecular weight is 309 g/mol. The molecule has 5 heteroatoms. The number of imidazole rings is 1. The van der Waals surface area contributed by atoms with E-state index in [1.54, 1.807) is 13.4 Å². The largest absolute Gasteiger partial charge is 0.496 e. The molecule has 0 fully saturated rings. The zero-order chi connectivity index (χ0) is 16.1. The first-order chi connectivity index (χ1) is 11.3. The molecule has 2 aromatic carbocycles. The lowest BCUT2D eigenvalue weighted by molar-refractivity contribution is -0.120. The number of methoxy groups -OCH3 is 1. The highest BCUT2D eigenvalue weighted by atomic mass is 16.5. The second kappa shape index (κ2) is 6.96. The van der Waals surface area contributed by atoms with Crippen molar-refractivity contribution in [1.82, 2.24) is 15.3 Å². The average Bonchev–Trinajstić information content (AvgIpc) is 3.03. The lowest BCUT2D eigenvalue weighted by Gasteiger charge is -2.09. The van der Waals surface area contributed by atoms with Gasteiger partial charge in [-0.25, -0.2) is 4.98 Å². The summed E-state index contributed by atoms with van der Waals surface area (Å²) in [5.41, 5.74) is 3.92. The highest BCUT2D eigenvalue weighted by Crippen LogP contribution is 2.17. The maximum absolute atomic E-state index is 12.1. The maximum Gasteiger partial charge on any atom is 0.224 e. The van der Waals surface area contributed by atoms with Crippen LogP contribution in [-0.4, -0.2) is 29.5 Å². The van der Waals surface area contributed by atoms with Crippen molar-refractivity contribution in [3.05, 3.63) is 59.9 Å². The first-order valence-electron chi connectivity index (χ1n) is 7.57.